The SMILES string of the molecule is CC(C)(C)N=NC(C)(C)NC(=O)NNC(=S)Cc1ccccc1. The van der Waals surface area contributed by atoms with Crippen LogP contribution in [0.4, 0.5) is 4.79 Å². The van der Waals surface area contributed by atoms with Crippen LogP contribution in [0.2, 0.25) is 0 Å². The maximum atomic E-state index is 11.9. The van der Waals surface area contributed by atoms with E-state index in [1.165, 1.54) is 0 Å². The Morgan fingerprint density at radius 2 is 1.65 bits per heavy atom. The van der Waals surface area contributed by atoms with Crippen LogP contribution in [-0.4, -0.2) is 22.2 Å². The fourth-order valence-corrected chi connectivity index (χ4v) is 1.78. The van der Waals surface area contributed by atoms with Crippen molar-refractivity contribution in [1.29, 1.82) is 0 Å². The van der Waals surface area contributed by atoms with E-state index < -0.39 is 11.7 Å². The number of carbonyl (C=O) groups excluding carboxylic acids is 1. The van der Waals surface area contributed by atoms with Gasteiger partial charge in [0, 0.05) is 6.42 Å². The first-order chi connectivity index (χ1) is 10.6. The van der Waals surface area contributed by atoms with Crippen LogP contribution in [0.15, 0.2) is 40.6 Å². The second-order valence-corrected chi connectivity index (χ2v) is 7.21. The highest BCUT2D eigenvalue weighted by atomic mass is 32.1. The quantitative estimate of drug-likeness (QED) is 0.448. The number of amides is 2. The number of nitrogens with one attached hydrogen (secondary N) is 3. The first-order valence-electron chi connectivity index (χ1n) is 7.42. The summed E-state index contributed by atoms with van der Waals surface area (Å²) in [6.45, 7) is 9.36. The molecule has 0 radical (unpaired) electrons. The fraction of sp³-hybridized carbons (Fsp3) is 0.500. The lowest BCUT2D eigenvalue weighted by Gasteiger charge is -2.22. The van der Waals surface area contributed by atoms with E-state index in [0.717, 1.165) is 5.56 Å². The third-order valence-corrected chi connectivity index (χ3v) is 2.79. The number of urea groups is 1. The van der Waals surface area contributed by atoms with Crippen molar-refractivity contribution in [3.63, 3.8) is 0 Å². The summed E-state index contributed by atoms with van der Waals surface area (Å²) >= 11 is 5.20. The minimum absolute atomic E-state index is 0.287. The maximum Gasteiger partial charge on any atom is 0.335 e. The second-order valence-electron chi connectivity index (χ2n) is 6.72. The van der Waals surface area contributed by atoms with Gasteiger partial charge in [-0.2, -0.15) is 10.2 Å². The second kappa shape index (κ2) is 8.01. The van der Waals surface area contributed by atoms with Crippen molar-refractivity contribution in [2.24, 2.45) is 10.2 Å². The molecule has 23 heavy (non-hydrogen) atoms. The number of rotatable bonds is 4. The molecule has 1 rings (SSSR count). The predicted molar refractivity (Wildman–Crippen MR) is 96.2 cm³/mol. The lowest BCUT2D eigenvalue weighted by atomic mass is 10.1. The molecule has 0 bridgehead atoms. The van der Waals surface area contributed by atoms with Crippen LogP contribution in [0, 0.1) is 0 Å². The van der Waals surface area contributed by atoms with Gasteiger partial charge in [-0.25, -0.2) is 4.79 Å². The summed E-state index contributed by atoms with van der Waals surface area (Å²) in [5.41, 5.74) is 5.22. The Bertz CT molecular complexity index is 564. The van der Waals surface area contributed by atoms with E-state index in [1.54, 1.807) is 13.8 Å². The van der Waals surface area contributed by atoms with Gasteiger partial charge in [-0.15, -0.1) is 0 Å². The molecule has 0 aliphatic heterocycles. The van der Waals surface area contributed by atoms with Crippen molar-refractivity contribution >= 4 is 23.2 Å². The van der Waals surface area contributed by atoms with Gasteiger partial charge in [0.2, 0.25) is 0 Å². The maximum absolute atomic E-state index is 11.9. The third-order valence-electron chi connectivity index (χ3n) is 2.54. The highest BCUT2D eigenvalue weighted by molar-refractivity contribution is 7.80. The van der Waals surface area contributed by atoms with Crippen LogP contribution < -0.4 is 16.2 Å². The van der Waals surface area contributed by atoms with Crippen molar-refractivity contribution < 1.29 is 4.79 Å². The zero-order chi connectivity index (χ0) is 17.5. The van der Waals surface area contributed by atoms with E-state index in [-0.39, 0.29) is 5.54 Å². The minimum Gasteiger partial charge on any atom is -0.311 e. The summed E-state index contributed by atoms with van der Waals surface area (Å²) in [6, 6.07) is 9.37. The lowest BCUT2D eigenvalue weighted by molar-refractivity contribution is 0.227. The van der Waals surface area contributed by atoms with Crippen LogP contribution in [-0.2, 0) is 6.42 Å². The van der Waals surface area contributed by atoms with Crippen molar-refractivity contribution in [2.45, 2.75) is 52.2 Å². The molecule has 6 nitrogen and oxygen atoms in total. The van der Waals surface area contributed by atoms with E-state index in [0.29, 0.717) is 11.4 Å². The van der Waals surface area contributed by atoms with Crippen molar-refractivity contribution in [3.05, 3.63) is 35.9 Å². The molecule has 1 aromatic rings. The Morgan fingerprint density at radius 3 is 2.22 bits per heavy atom. The largest absolute Gasteiger partial charge is 0.335 e. The van der Waals surface area contributed by atoms with Gasteiger partial charge in [0.15, 0.2) is 0 Å². The average Bonchev–Trinajstić information content (AvgIpc) is 2.43. The Morgan fingerprint density at radius 1 is 1.04 bits per heavy atom. The summed E-state index contributed by atoms with van der Waals surface area (Å²) in [5.74, 6) is 0. The van der Waals surface area contributed by atoms with Gasteiger partial charge in [0.25, 0.3) is 0 Å². The average molecular weight is 335 g/mol. The van der Waals surface area contributed by atoms with Gasteiger partial charge in [0.05, 0.1) is 10.5 Å². The standard InChI is InChI=1S/C16H25N5OS/c1-15(2,3)20-21-16(4,5)17-14(22)19-18-13(23)11-12-9-7-6-8-10-12/h6-10H,11H2,1-5H3,(H,18,23)(H2,17,19,22). The molecule has 126 valence electrons. The van der Waals surface area contributed by atoms with Crippen LogP contribution in [0.25, 0.3) is 0 Å². The molecule has 0 saturated carbocycles. The zero-order valence-corrected chi connectivity index (χ0v) is 15.1. The van der Waals surface area contributed by atoms with E-state index in [4.69, 9.17) is 12.2 Å². The molecule has 0 heterocycles. The highest BCUT2D eigenvalue weighted by Gasteiger charge is 2.21. The normalized spacial score (nSPS) is 12.0. The Labute approximate surface area is 143 Å². The summed E-state index contributed by atoms with van der Waals surface area (Å²) in [4.78, 5) is 12.4. The molecule has 0 spiro atoms. The van der Waals surface area contributed by atoms with Gasteiger partial charge in [-0.1, -0.05) is 42.5 Å². The van der Waals surface area contributed by atoms with Crippen LogP contribution in [0.3, 0.4) is 0 Å². The van der Waals surface area contributed by atoms with Crippen LogP contribution >= 0.6 is 12.2 Å². The summed E-state index contributed by atoms with van der Waals surface area (Å²) in [5, 5.41) is 11.0. The number of nitrogens with zero attached hydrogens (tertiary/aromatic N) is 2. The van der Waals surface area contributed by atoms with E-state index in [1.807, 2.05) is 51.1 Å². The Balaban J connectivity index is 2.41. The van der Waals surface area contributed by atoms with Crippen molar-refractivity contribution in [1.82, 2.24) is 16.2 Å². The molecule has 0 unspecified atom stereocenters. The van der Waals surface area contributed by atoms with E-state index in [9.17, 15) is 4.79 Å². The minimum atomic E-state index is -0.805. The number of hydrogen-bond donors (Lipinski definition) is 3. The fourth-order valence-electron chi connectivity index (χ4n) is 1.56. The van der Waals surface area contributed by atoms with E-state index in [2.05, 4.69) is 26.4 Å². The van der Waals surface area contributed by atoms with Crippen LogP contribution in [0.1, 0.15) is 40.2 Å². The molecule has 0 fully saturated rings. The summed E-state index contributed by atoms with van der Waals surface area (Å²) in [6.07, 6.45) is 0.559. The molecule has 1 aromatic carbocycles. The van der Waals surface area contributed by atoms with Crippen molar-refractivity contribution in [2.75, 3.05) is 0 Å². The molecule has 0 aliphatic carbocycles. The number of carbonyl (C=O) groups is 1. The Kier molecular flexibility index (Phi) is 6.62. The molecule has 3 N–H and O–H groups in total. The number of thiocarbonyl (C=S) groups is 1. The molecular formula is C16H25N5OS. The van der Waals surface area contributed by atoms with Gasteiger partial charge >= 0.3 is 6.03 Å². The third kappa shape index (κ3) is 8.87. The molecule has 7 heteroatoms. The molecule has 0 aliphatic rings. The van der Waals surface area contributed by atoms with E-state index >= 15 is 0 Å². The zero-order valence-electron chi connectivity index (χ0n) is 14.3. The van der Waals surface area contributed by atoms with Gasteiger partial charge < -0.3 is 5.32 Å². The first kappa shape index (κ1) is 19.0. The smallest absolute Gasteiger partial charge is 0.311 e. The lowest BCUT2D eigenvalue weighted by Crippen LogP contribution is -2.52. The predicted octanol–water partition coefficient (Wildman–Crippen LogP) is 3.35. The number of azo groups is 1. The topological polar surface area (TPSA) is 77.9 Å². The number of benzene rings is 1. The summed E-state index contributed by atoms with van der Waals surface area (Å²) < 4.78 is 0. The van der Waals surface area contributed by atoms with Crippen LogP contribution in [0.5, 0.6) is 0 Å². The number of hydrogen-bond acceptors (Lipinski definition) is 4. The number of hydrazine groups is 1. The summed E-state index contributed by atoms with van der Waals surface area (Å²) in [7, 11) is 0. The molecule has 0 aromatic heterocycles. The van der Waals surface area contributed by atoms with Crippen molar-refractivity contribution in [3.8, 4) is 0 Å². The molecule has 0 saturated heterocycles. The molecular weight excluding hydrogens is 310 g/mol. The van der Waals surface area contributed by atoms with Gasteiger partial charge in [-0.05, 0) is 40.2 Å². The first-order valence-corrected chi connectivity index (χ1v) is 7.83. The highest BCUT2D eigenvalue weighted by Crippen LogP contribution is 2.12. The molecule has 2 amide bonds. The Hall–Kier alpha value is -2.02. The monoisotopic (exact) mass is 335 g/mol. The van der Waals surface area contributed by atoms with Gasteiger partial charge in [-0.3, -0.25) is 10.9 Å². The van der Waals surface area contributed by atoms with Gasteiger partial charge in [0.1, 0.15) is 5.66 Å². The molecule has 0 atom stereocenters.